The first kappa shape index (κ1) is 23.7. The van der Waals surface area contributed by atoms with Crippen molar-refractivity contribution in [3.63, 3.8) is 0 Å². The van der Waals surface area contributed by atoms with Gasteiger partial charge in [0, 0.05) is 37.9 Å². The molecule has 0 saturated heterocycles. The van der Waals surface area contributed by atoms with Crippen molar-refractivity contribution >= 4 is 32.3 Å². The molecule has 1 aromatic heterocycles. The molecule has 5 aromatic rings. The van der Waals surface area contributed by atoms with Gasteiger partial charge >= 0.3 is 0 Å². The van der Waals surface area contributed by atoms with Crippen molar-refractivity contribution in [1.29, 1.82) is 10.8 Å². The predicted molar refractivity (Wildman–Crippen MR) is 146 cm³/mol. The highest BCUT2D eigenvalue weighted by Crippen LogP contribution is 2.44. The van der Waals surface area contributed by atoms with E-state index in [1.165, 1.54) is 18.7 Å². The van der Waals surface area contributed by atoms with Crippen LogP contribution in [-0.2, 0) is 0 Å². The van der Waals surface area contributed by atoms with Gasteiger partial charge in [0.05, 0.1) is 27.3 Å². The van der Waals surface area contributed by atoms with Gasteiger partial charge in [-0.15, -0.1) is 0 Å². The van der Waals surface area contributed by atoms with E-state index in [1.54, 1.807) is 72.9 Å². The van der Waals surface area contributed by atoms with E-state index in [2.05, 4.69) is 9.40 Å². The number of nitrogens with one attached hydrogen (secondary N) is 2. The molecule has 188 valence electrons. The maximum atomic E-state index is 13.3. The van der Waals surface area contributed by atoms with Gasteiger partial charge in [0.1, 0.15) is 17.8 Å². The molecule has 39 heavy (non-hydrogen) atoms. The van der Waals surface area contributed by atoms with Crippen molar-refractivity contribution in [3.8, 4) is 22.6 Å². The van der Waals surface area contributed by atoms with Gasteiger partial charge in [-0.1, -0.05) is 66.7 Å². The molecule has 0 bridgehead atoms. The first-order chi connectivity index (χ1) is 18.9. The Labute approximate surface area is 218 Å². The zero-order chi connectivity index (χ0) is 27.3. The number of hydrogen-bond acceptors (Lipinski definition) is 8. The van der Waals surface area contributed by atoms with E-state index in [-0.39, 0.29) is 49.0 Å². The number of aromatic hydroxyl groups is 2. The van der Waals surface area contributed by atoms with Crippen LogP contribution in [0.2, 0.25) is 0 Å². The minimum atomic E-state index is -0.483. The summed E-state index contributed by atoms with van der Waals surface area (Å²) in [5.41, 5.74) is -0.334. The number of phenolic OH excluding ortho intramolecular Hbond substituents is 2. The van der Waals surface area contributed by atoms with Gasteiger partial charge in [-0.25, -0.2) is 4.98 Å². The van der Waals surface area contributed by atoms with Crippen LogP contribution in [0.3, 0.4) is 0 Å². The molecule has 0 aliphatic heterocycles. The average Bonchev–Trinajstić information content (AvgIpc) is 3.56. The summed E-state index contributed by atoms with van der Waals surface area (Å²) in [6.07, 6.45) is 4.47. The van der Waals surface area contributed by atoms with Crippen molar-refractivity contribution in [1.82, 2.24) is 4.98 Å². The molecule has 4 aromatic carbocycles. The summed E-state index contributed by atoms with van der Waals surface area (Å²) in [7, 11) is 0. The highest BCUT2D eigenvalue weighted by molar-refractivity contribution is 6.15. The zero-order valence-electron chi connectivity index (χ0n) is 20.2. The van der Waals surface area contributed by atoms with E-state index < -0.39 is 10.9 Å². The summed E-state index contributed by atoms with van der Waals surface area (Å²) in [5.74, 6) is -0.0866. The monoisotopic (exact) mass is 513 g/mol. The van der Waals surface area contributed by atoms with Gasteiger partial charge in [0.15, 0.2) is 17.3 Å². The van der Waals surface area contributed by atoms with Crippen LogP contribution in [0.15, 0.2) is 106 Å². The van der Waals surface area contributed by atoms with Gasteiger partial charge in [0.25, 0.3) is 0 Å². The smallest absolute Gasteiger partial charge is 0.196 e. The topological polar surface area (TPSA) is 148 Å². The molecule has 8 nitrogen and oxygen atoms in total. The first-order valence-electron chi connectivity index (χ1n) is 11.9. The van der Waals surface area contributed by atoms with Crippen molar-refractivity contribution in [2.75, 3.05) is 0 Å². The fourth-order valence-electron chi connectivity index (χ4n) is 5.09. The second-order valence-electron chi connectivity index (χ2n) is 8.95. The zero-order valence-corrected chi connectivity index (χ0v) is 20.2. The van der Waals surface area contributed by atoms with E-state index in [0.717, 1.165) is 0 Å². The summed E-state index contributed by atoms with van der Waals surface area (Å²) < 4.78 is 4.47. The molecule has 7 rings (SSSR count). The molecule has 0 amide bonds. The SMILES string of the molecule is N=c1cc(-c2cccc3c(O)c4ccccc4c(O)c23)c(=N)c2c(=O)c3ccccc3c(=O)c1=2.c1cocn1. The Hall–Kier alpha value is -5.63. The lowest BCUT2D eigenvalue weighted by atomic mass is 9.92. The molecule has 8 heteroatoms. The second-order valence-corrected chi connectivity index (χ2v) is 8.95. The summed E-state index contributed by atoms with van der Waals surface area (Å²) in [6.45, 7) is 0. The Bertz CT molecular complexity index is 2320. The fourth-order valence-corrected chi connectivity index (χ4v) is 5.09. The molecule has 0 fully saturated rings. The van der Waals surface area contributed by atoms with Crippen LogP contribution >= 0.6 is 0 Å². The lowest BCUT2D eigenvalue weighted by molar-refractivity contribution is 0.478. The number of benzene rings is 4. The van der Waals surface area contributed by atoms with Gasteiger partial charge in [-0.3, -0.25) is 15.0 Å². The molecule has 4 N–H and O–H groups in total. The third-order valence-electron chi connectivity index (χ3n) is 6.83. The molecule has 2 aliphatic rings. The van der Waals surface area contributed by atoms with Gasteiger partial charge in [-0.2, -0.15) is 0 Å². The van der Waals surface area contributed by atoms with E-state index in [9.17, 15) is 19.8 Å². The van der Waals surface area contributed by atoms with Crippen molar-refractivity contribution in [2.24, 2.45) is 0 Å². The molecule has 0 spiro atoms. The molecule has 2 aliphatic carbocycles. The van der Waals surface area contributed by atoms with E-state index in [1.807, 2.05) is 0 Å². The molecular formula is C31H19N3O5. The first-order valence-corrected chi connectivity index (χ1v) is 11.9. The Morgan fingerprint density at radius 3 is 1.85 bits per heavy atom. The van der Waals surface area contributed by atoms with E-state index >= 15 is 0 Å². The van der Waals surface area contributed by atoms with E-state index in [0.29, 0.717) is 27.1 Å². The second kappa shape index (κ2) is 9.04. The summed E-state index contributed by atoms with van der Waals surface area (Å²) in [5, 5.41) is 41.0. The van der Waals surface area contributed by atoms with Gasteiger partial charge in [-0.05, 0) is 11.6 Å². The number of oxazole rings is 1. The van der Waals surface area contributed by atoms with Crippen LogP contribution in [0.25, 0.3) is 43.4 Å². The maximum Gasteiger partial charge on any atom is 0.196 e. The number of aromatic nitrogens is 1. The van der Waals surface area contributed by atoms with Crippen LogP contribution in [0, 0.1) is 21.3 Å². The highest BCUT2D eigenvalue weighted by Gasteiger charge is 2.19. The normalized spacial score (nSPS) is 11.2. The van der Waals surface area contributed by atoms with Crippen LogP contribution in [0.5, 0.6) is 11.5 Å². The maximum absolute atomic E-state index is 13.3. The van der Waals surface area contributed by atoms with Crippen molar-refractivity contribution in [3.05, 3.63) is 133 Å². The molecule has 0 unspecified atom stereocenters. The average molecular weight is 514 g/mol. The summed E-state index contributed by atoms with van der Waals surface area (Å²) >= 11 is 0. The van der Waals surface area contributed by atoms with Crippen LogP contribution in [0.1, 0.15) is 0 Å². The van der Waals surface area contributed by atoms with Crippen LogP contribution in [0.4, 0.5) is 0 Å². The molecule has 0 radical (unpaired) electrons. The quantitative estimate of drug-likeness (QED) is 0.191. The lowest BCUT2D eigenvalue weighted by Crippen LogP contribution is -2.29. The van der Waals surface area contributed by atoms with Crippen molar-refractivity contribution < 1.29 is 14.6 Å². The third kappa shape index (κ3) is 3.58. The molecular weight excluding hydrogens is 494 g/mol. The summed E-state index contributed by atoms with van der Waals surface area (Å²) in [4.78, 5) is 30.0. The Balaban J connectivity index is 0.000000500. The Morgan fingerprint density at radius 2 is 1.26 bits per heavy atom. The number of hydrogen-bond donors (Lipinski definition) is 4. The molecule has 0 atom stereocenters. The van der Waals surface area contributed by atoms with Gasteiger partial charge < -0.3 is 20.0 Å². The fraction of sp³-hybridized carbons (Fsp3) is 0. The number of fused-ring (bicyclic) bond motifs is 3. The lowest BCUT2D eigenvalue weighted by Gasteiger charge is -2.14. The molecule has 1 heterocycles. The largest absolute Gasteiger partial charge is 0.507 e. The summed E-state index contributed by atoms with van der Waals surface area (Å²) in [6, 6.07) is 19.7. The predicted octanol–water partition coefficient (Wildman–Crippen LogP) is 4.18. The third-order valence-corrected chi connectivity index (χ3v) is 6.83. The number of rotatable bonds is 1. The van der Waals surface area contributed by atoms with Crippen LogP contribution in [-0.4, -0.2) is 15.2 Å². The Morgan fingerprint density at radius 1 is 0.667 bits per heavy atom. The molecule has 0 saturated carbocycles. The van der Waals surface area contributed by atoms with E-state index in [4.69, 9.17) is 10.8 Å². The number of nitrogens with zero attached hydrogens (tertiary/aromatic N) is 1. The standard InChI is InChI=1S/C28H16N2O4.C3H3NO/c29-20-12-19(24(30)23-22(20)27(33)16-8-3-4-9-17(16)28(23)34)13-10-5-11-18-21(13)26(32)15-7-2-1-6-14(15)25(18)31;1-2-5-3-4-1/h1-12,29-32H;1-3H. The highest BCUT2D eigenvalue weighted by atomic mass is 16.3. The minimum Gasteiger partial charge on any atom is -0.507 e. The van der Waals surface area contributed by atoms with Gasteiger partial charge in [0.2, 0.25) is 0 Å². The van der Waals surface area contributed by atoms with Crippen LogP contribution < -0.4 is 21.6 Å². The Kier molecular flexibility index (Phi) is 5.50. The minimum absolute atomic E-state index is 0.0129. The van der Waals surface area contributed by atoms with Crippen molar-refractivity contribution in [2.45, 2.75) is 0 Å². The number of phenols is 2.